The highest BCUT2D eigenvalue weighted by Crippen LogP contribution is 2.18. The first kappa shape index (κ1) is 10.3. The molecule has 0 aliphatic carbocycles. The second-order valence-corrected chi connectivity index (χ2v) is 3.56. The lowest BCUT2D eigenvalue weighted by atomic mass is 10.1. The summed E-state index contributed by atoms with van der Waals surface area (Å²) in [4.78, 5) is 11.3. The molecule has 1 aromatic rings. The number of carbonyl (C=O) groups is 1. The van der Waals surface area contributed by atoms with Crippen molar-refractivity contribution in [3.8, 4) is 0 Å². The van der Waals surface area contributed by atoms with Gasteiger partial charge >= 0.3 is 5.97 Å². The Labute approximate surface area is 86.0 Å². The van der Waals surface area contributed by atoms with E-state index in [1.807, 2.05) is 19.1 Å². The van der Waals surface area contributed by atoms with E-state index in [-0.39, 0.29) is 5.97 Å². The van der Waals surface area contributed by atoms with Crippen molar-refractivity contribution in [2.45, 2.75) is 13.8 Å². The van der Waals surface area contributed by atoms with E-state index in [1.165, 1.54) is 0 Å². The monoisotopic (exact) mass is 242 g/mol. The maximum atomic E-state index is 11.3. The van der Waals surface area contributed by atoms with Crippen LogP contribution < -0.4 is 0 Å². The van der Waals surface area contributed by atoms with Gasteiger partial charge in [-0.15, -0.1) is 0 Å². The highest BCUT2D eigenvalue weighted by molar-refractivity contribution is 9.10. The molecule has 3 heteroatoms. The lowest BCUT2D eigenvalue weighted by Gasteiger charge is -2.04. The molecule has 0 aliphatic rings. The summed E-state index contributed by atoms with van der Waals surface area (Å²) in [5.74, 6) is -0.283. The minimum atomic E-state index is -0.283. The Bertz CT molecular complexity index is 321. The SMILES string of the molecule is CCOC(=O)c1ccc(C)cc1Br. The lowest BCUT2D eigenvalue weighted by molar-refractivity contribution is 0.0525. The number of rotatable bonds is 2. The van der Waals surface area contributed by atoms with E-state index in [9.17, 15) is 4.79 Å². The molecule has 0 N–H and O–H groups in total. The summed E-state index contributed by atoms with van der Waals surface area (Å²) in [6.45, 7) is 4.17. The van der Waals surface area contributed by atoms with Crippen LogP contribution in [-0.4, -0.2) is 12.6 Å². The first-order valence-electron chi connectivity index (χ1n) is 4.08. The fourth-order valence-corrected chi connectivity index (χ4v) is 1.65. The van der Waals surface area contributed by atoms with Crippen molar-refractivity contribution >= 4 is 21.9 Å². The molecule has 70 valence electrons. The molecular formula is C10H11BrO2. The topological polar surface area (TPSA) is 26.3 Å². The smallest absolute Gasteiger partial charge is 0.339 e. The number of halogens is 1. The Kier molecular flexibility index (Phi) is 3.48. The van der Waals surface area contributed by atoms with Gasteiger partial charge in [0.1, 0.15) is 0 Å². The van der Waals surface area contributed by atoms with Crippen molar-refractivity contribution < 1.29 is 9.53 Å². The van der Waals surface area contributed by atoms with E-state index in [2.05, 4.69) is 15.9 Å². The molecule has 0 saturated heterocycles. The molecule has 0 atom stereocenters. The number of hydrogen-bond donors (Lipinski definition) is 0. The zero-order valence-corrected chi connectivity index (χ0v) is 9.22. The molecule has 0 heterocycles. The zero-order chi connectivity index (χ0) is 9.84. The van der Waals surface area contributed by atoms with Crippen LogP contribution in [0.1, 0.15) is 22.8 Å². The van der Waals surface area contributed by atoms with E-state index < -0.39 is 0 Å². The number of aryl methyl sites for hydroxylation is 1. The number of ether oxygens (including phenoxy) is 1. The highest BCUT2D eigenvalue weighted by atomic mass is 79.9. The van der Waals surface area contributed by atoms with Gasteiger partial charge in [0.05, 0.1) is 12.2 Å². The Balaban J connectivity index is 2.95. The summed E-state index contributed by atoms with van der Waals surface area (Å²) in [7, 11) is 0. The largest absolute Gasteiger partial charge is 0.462 e. The zero-order valence-electron chi connectivity index (χ0n) is 7.63. The quantitative estimate of drug-likeness (QED) is 0.746. The van der Waals surface area contributed by atoms with E-state index >= 15 is 0 Å². The van der Waals surface area contributed by atoms with Gasteiger partial charge in [-0.05, 0) is 47.5 Å². The summed E-state index contributed by atoms with van der Waals surface area (Å²) < 4.78 is 5.66. The van der Waals surface area contributed by atoms with E-state index in [0.717, 1.165) is 10.0 Å². The lowest BCUT2D eigenvalue weighted by Crippen LogP contribution is -2.05. The third-order valence-corrected chi connectivity index (χ3v) is 2.28. The van der Waals surface area contributed by atoms with Crippen LogP contribution in [0.2, 0.25) is 0 Å². The van der Waals surface area contributed by atoms with E-state index in [4.69, 9.17) is 4.74 Å². The van der Waals surface area contributed by atoms with Crippen molar-refractivity contribution in [1.29, 1.82) is 0 Å². The Morgan fingerprint density at radius 2 is 2.23 bits per heavy atom. The average Bonchev–Trinajstić information content (AvgIpc) is 2.04. The Morgan fingerprint density at radius 1 is 1.54 bits per heavy atom. The van der Waals surface area contributed by atoms with Crippen LogP contribution in [0.15, 0.2) is 22.7 Å². The molecule has 0 amide bonds. The molecular weight excluding hydrogens is 232 g/mol. The fraction of sp³-hybridized carbons (Fsp3) is 0.300. The summed E-state index contributed by atoms with van der Waals surface area (Å²) in [6, 6.07) is 5.54. The molecule has 1 aromatic carbocycles. The van der Waals surface area contributed by atoms with Gasteiger partial charge in [-0.25, -0.2) is 4.79 Å². The third kappa shape index (κ3) is 2.56. The summed E-state index contributed by atoms with van der Waals surface area (Å²) in [5, 5.41) is 0. The molecule has 13 heavy (non-hydrogen) atoms. The standard InChI is InChI=1S/C10H11BrO2/c1-3-13-10(12)8-5-4-7(2)6-9(8)11/h4-6H,3H2,1-2H3. The summed E-state index contributed by atoms with van der Waals surface area (Å²) >= 11 is 3.32. The van der Waals surface area contributed by atoms with E-state index in [0.29, 0.717) is 12.2 Å². The predicted octanol–water partition coefficient (Wildman–Crippen LogP) is 2.93. The minimum Gasteiger partial charge on any atom is -0.462 e. The van der Waals surface area contributed by atoms with Gasteiger partial charge in [0.15, 0.2) is 0 Å². The average molecular weight is 243 g/mol. The maximum absolute atomic E-state index is 11.3. The van der Waals surface area contributed by atoms with Crippen LogP contribution in [0.5, 0.6) is 0 Å². The van der Waals surface area contributed by atoms with Gasteiger partial charge in [-0.2, -0.15) is 0 Å². The molecule has 0 fully saturated rings. The molecule has 0 radical (unpaired) electrons. The van der Waals surface area contributed by atoms with Gasteiger partial charge in [-0.3, -0.25) is 0 Å². The van der Waals surface area contributed by atoms with Gasteiger partial charge in [0, 0.05) is 4.47 Å². The van der Waals surface area contributed by atoms with Crippen molar-refractivity contribution in [2.75, 3.05) is 6.61 Å². The second kappa shape index (κ2) is 4.42. The summed E-state index contributed by atoms with van der Waals surface area (Å²) in [5.41, 5.74) is 1.69. The normalized spacial score (nSPS) is 9.77. The maximum Gasteiger partial charge on any atom is 0.339 e. The van der Waals surface area contributed by atoms with Crippen LogP contribution in [0.25, 0.3) is 0 Å². The molecule has 0 saturated carbocycles. The molecule has 0 aliphatic heterocycles. The molecule has 0 aromatic heterocycles. The molecule has 1 rings (SSSR count). The van der Waals surface area contributed by atoms with Crippen molar-refractivity contribution in [1.82, 2.24) is 0 Å². The third-order valence-electron chi connectivity index (χ3n) is 1.62. The Hall–Kier alpha value is -0.830. The molecule has 2 nitrogen and oxygen atoms in total. The van der Waals surface area contributed by atoms with Crippen LogP contribution in [0.4, 0.5) is 0 Å². The van der Waals surface area contributed by atoms with Crippen molar-refractivity contribution in [3.05, 3.63) is 33.8 Å². The predicted molar refractivity (Wildman–Crippen MR) is 54.8 cm³/mol. The van der Waals surface area contributed by atoms with E-state index in [1.54, 1.807) is 13.0 Å². The van der Waals surface area contributed by atoms with Crippen LogP contribution in [0, 0.1) is 6.92 Å². The van der Waals surface area contributed by atoms with Crippen molar-refractivity contribution in [2.24, 2.45) is 0 Å². The van der Waals surface area contributed by atoms with Crippen LogP contribution in [0.3, 0.4) is 0 Å². The van der Waals surface area contributed by atoms with Crippen molar-refractivity contribution in [3.63, 3.8) is 0 Å². The van der Waals surface area contributed by atoms with Gasteiger partial charge in [0.2, 0.25) is 0 Å². The molecule has 0 bridgehead atoms. The van der Waals surface area contributed by atoms with Gasteiger partial charge in [-0.1, -0.05) is 6.07 Å². The van der Waals surface area contributed by atoms with Crippen LogP contribution in [-0.2, 0) is 4.74 Å². The number of hydrogen-bond acceptors (Lipinski definition) is 2. The minimum absolute atomic E-state index is 0.283. The fourth-order valence-electron chi connectivity index (χ4n) is 0.995. The van der Waals surface area contributed by atoms with Gasteiger partial charge in [0.25, 0.3) is 0 Å². The number of carbonyl (C=O) groups excluding carboxylic acids is 1. The number of esters is 1. The first-order chi connectivity index (χ1) is 6.15. The van der Waals surface area contributed by atoms with Crippen LogP contribution >= 0.6 is 15.9 Å². The highest BCUT2D eigenvalue weighted by Gasteiger charge is 2.09. The van der Waals surface area contributed by atoms with Gasteiger partial charge < -0.3 is 4.74 Å². The molecule has 0 unspecified atom stereocenters. The Morgan fingerprint density at radius 3 is 2.77 bits per heavy atom. The first-order valence-corrected chi connectivity index (χ1v) is 4.87. The molecule has 0 spiro atoms. The number of benzene rings is 1. The second-order valence-electron chi connectivity index (χ2n) is 2.70. The summed E-state index contributed by atoms with van der Waals surface area (Å²) in [6.07, 6.45) is 0.